The van der Waals surface area contributed by atoms with E-state index in [-0.39, 0.29) is 17.4 Å². The fourth-order valence-corrected chi connectivity index (χ4v) is 2.01. The van der Waals surface area contributed by atoms with Crippen molar-refractivity contribution in [3.8, 4) is 0 Å². The Balaban J connectivity index is 2.10. The molecule has 1 saturated heterocycles. The van der Waals surface area contributed by atoms with E-state index in [0.29, 0.717) is 19.0 Å². The van der Waals surface area contributed by atoms with Gasteiger partial charge in [0.05, 0.1) is 0 Å². The van der Waals surface area contributed by atoms with E-state index >= 15 is 0 Å². The van der Waals surface area contributed by atoms with Crippen LogP contribution in [0, 0.1) is 5.92 Å². The van der Waals surface area contributed by atoms with Crippen LogP contribution in [-0.2, 0) is 0 Å². The molecule has 0 aromatic carbocycles. The van der Waals surface area contributed by atoms with E-state index in [4.69, 9.17) is 5.11 Å². The number of carbonyl (C=O) groups is 2. The maximum absolute atomic E-state index is 12.0. The normalized spacial score (nSPS) is 20.3. The third kappa shape index (κ3) is 2.46. The van der Waals surface area contributed by atoms with Crippen molar-refractivity contribution in [3.63, 3.8) is 0 Å². The Morgan fingerprint density at radius 2 is 2.35 bits per heavy atom. The first kappa shape index (κ1) is 11.6. The Morgan fingerprint density at radius 1 is 1.59 bits per heavy atom. The van der Waals surface area contributed by atoms with E-state index < -0.39 is 5.97 Å². The third-order valence-electron chi connectivity index (χ3n) is 2.88. The van der Waals surface area contributed by atoms with Crippen LogP contribution in [0.4, 0.5) is 0 Å². The summed E-state index contributed by atoms with van der Waals surface area (Å²) in [5.41, 5.74) is 0.0662. The SMILES string of the molecule is CC1CCCN(C(=O)c2cc(C(=O)O)on2)C1. The lowest BCUT2D eigenvalue weighted by Crippen LogP contribution is -2.39. The van der Waals surface area contributed by atoms with Crippen LogP contribution in [0.1, 0.15) is 40.8 Å². The zero-order valence-corrected chi connectivity index (χ0v) is 9.55. The standard InChI is InChI=1S/C11H14N2O4/c1-7-3-2-4-13(6-7)10(14)8-5-9(11(15)16)17-12-8/h5,7H,2-4,6H2,1H3,(H,15,16). The maximum atomic E-state index is 12.0. The van der Waals surface area contributed by atoms with Crippen LogP contribution in [0.15, 0.2) is 10.6 Å². The van der Waals surface area contributed by atoms with Crippen molar-refractivity contribution in [2.45, 2.75) is 19.8 Å². The Hall–Kier alpha value is -1.85. The minimum absolute atomic E-state index is 0.0662. The molecule has 17 heavy (non-hydrogen) atoms. The first-order valence-electron chi connectivity index (χ1n) is 5.57. The molecule has 2 rings (SSSR count). The van der Waals surface area contributed by atoms with Gasteiger partial charge in [-0.05, 0) is 18.8 Å². The molecule has 0 radical (unpaired) electrons. The lowest BCUT2D eigenvalue weighted by Gasteiger charge is -2.30. The Kier molecular flexibility index (Phi) is 3.12. The second kappa shape index (κ2) is 4.57. The number of nitrogens with zero attached hydrogens (tertiary/aromatic N) is 2. The molecule has 6 nitrogen and oxygen atoms in total. The molecule has 0 aliphatic carbocycles. The van der Waals surface area contributed by atoms with Gasteiger partial charge in [-0.15, -0.1) is 0 Å². The van der Waals surface area contributed by atoms with E-state index in [9.17, 15) is 9.59 Å². The van der Waals surface area contributed by atoms with Crippen LogP contribution >= 0.6 is 0 Å². The number of likely N-dealkylation sites (tertiary alicyclic amines) is 1. The van der Waals surface area contributed by atoms with Gasteiger partial charge in [0, 0.05) is 19.2 Å². The van der Waals surface area contributed by atoms with Crippen molar-refractivity contribution in [1.82, 2.24) is 10.1 Å². The van der Waals surface area contributed by atoms with E-state index in [1.165, 1.54) is 6.07 Å². The predicted molar refractivity (Wildman–Crippen MR) is 57.8 cm³/mol. The third-order valence-corrected chi connectivity index (χ3v) is 2.88. The number of hydrogen-bond acceptors (Lipinski definition) is 4. The summed E-state index contributed by atoms with van der Waals surface area (Å²) in [4.78, 5) is 24.3. The second-order valence-corrected chi connectivity index (χ2v) is 4.38. The number of carbonyl (C=O) groups excluding carboxylic acids is 1. The van der Waals surface area contributed by atoms with Gasteiger partial charge < -0.3 is 14.5 Å². The Bertz CT molecular complexity index is 440. The first-order valence-corrected chi connectivity index (χ1v) is 5.57. The van der Waals surface area contributed by atoms with Gasteiger partial charge in [-0.25, -0.2) is 4.79 Å². The van der Waals surface area contributed by atoms with Crippen molar-refractivity contribution >= 4 is 11.9 Å². The second-order valence-electron chi connectivity index (χ2n) is 4.38. The summed E-state index contributed by atoms with van der Waals surface area (Å²) < 4.78 is 4.57. The van der Waals surface area contributed by atoms with Gasteiger partial charge in [-0.1, -0.05) is 12.1 Å². The van der Waals surface area contributed by atoms with Crippen LogP contribution in [0.5, 0.6) is 0 Å². The molecular formula is C11H14N2O4. The highest BCUT2D eigenvalue weighted by atomic mass is 16.5. The molecule has 0 saturated carbocycles. The van der Waals surface area contributed by atoms with Crippen LogP contribution in [0.3, 0.4) is 0 Å². The van der Waals surface area contributed by atoms with E-state index in [0.717, 1.165) is 12.8 Å². The molecule has 1 aliphatic rings. The van der Waals surface area contributed by atoms with Gasteiger partial charge in [0.15, 0.2) is 5.69 Å². The van der Waals surface area contributed by atoms with E-state index in [2.05, 4.69) is 16.6 Å². The molecule has 2 heterocycles. The number of rotatable bonds is 2. The maximum Gasteiger partial charge on any atom is 0.374 e. The minimum Gasteiger partial charge on any atom is -0.475 e. The average Bonchev–Trinajstić information content (AvgIpc) is 2.77. The number of amides is 1. The van der Waals surface area contributed by atoms with Crippen molar-refractivity contribution in [2.24, 2.45) is 5.92 Å². The summed E-state index contributed by atoms with van der Waals surface area (Å²) in [7, 11) is 0. The van der Waals surface area contributed by atoms with Gasteiger partial charge >= 0.3 is 5.97 Å². The number of piperidine rings is 1. The van der Waals surface area contributed by atoms with Gasteiger partial charge in [-0.3, -0.25) is 4.79 Å². The van der Waals surface area contributed by atoms with Crippen molar-refractivity contribution in [1.29, 1.82) is 0 Å². The molecule has 1 amide bonds. The number of aromatic nitrogens is 1. The molecule has 92 valence electrons. The van der Waals surface area contributed by atoms with Crippen LogP contribution < -0.4 is 0 Å². The van der Waals surface area contributed by atoms with Crippen molar-refractivity contribution in [2.75, 3.05) is 13.1 Å². The van der Waals surface area contributed by atoms with Gasteiger partial charge in [0.1, 0.15) is 0 Å². The molecule has 0 bridgehead atoms. The zero-order chi connectivity index (χ0) is 12.4. The highest BCUT2D eigenvalue weighted by Gasteiger charge is 2.25. The van der Waals surface area contributed by atoms with Gasteiger partial charge in [0.2, 0.25) is 5.76 Å². The molecular weight excluding hydrogens is 224 g/mol. The molecule has 6 heteroatoms. The quantitative estimate of drug-likeness (QED) is 0.838. The molecule has 1 N–H and O–H groups in total. The lowest BCUT2D eigenvalue weighted by atomic mass is 10.00. The lowest BCUT2D eigenvalue weighted by molar-refractivity contribution is 0.0641. The first-order chi connectivity index (χ1) is 8.08. The van der Waals surface area contributed by atoms with Crippen molar-refractivity contribution in [3.05, 3.63) is 17.5 Å². The highest BCUT2D eigenvalue weighted by Crippen LogP contribution is 2.17. The number of carboxylic acids is 1. The summed E-state index contributed by atoms with van der Waals surface area (Å²) in [6.07, 6.45) is 2.08. The van der Waals surface area contributed by atoms with Crippen LogP contribution in [0.25, 0.3) is 0 Å². The van der Waals surface area contributed by atoms with Gasteiger partial charge in [-0.2, -0.15) is 0 Å². The summed E-state index contributed by atoms with van der Waals surface area (Å²) in [6.45, 7) is 3.47. The van der Waals surface area contributed by atoms with Crippen LogP contribution in [-0.4, -0.2) is 40.1 Å². The largest absolute Gasteiger partial charge is 0.475 e. The molecule has 1 aromatic heterocycles. The molecule has 1 unspecified atom stereocenters. The fraction of sp³-hybridized carbons (Fsp3) is 0.545. The van der Waals surface area contributed by atoms with Crippen LogP contribution in [0.2, 0.25) is 0 Å². The Morgan fingerprint density at radius 3 is 2.94 bits per heavy atom. The number of hydrogen-bond donors (Lipinski definition) is 1. The predicted octanol–water partition coefficient (Wildman–Crippen LogP) is 1.24. The zero-order valence-electron chi connectivity index (χ0n) is 9.55. The van der Waals surface area contributed by atoms with Crippen molar-refractivity contribution < 1.29 is 19.2 Å². The summed E-state index contributed by atoms with van der Waals surface area (Å²) >= 11 is 0. The Labute approximate surface area is 98.2 Å². The molecule has 0 spiro atoms. The van der Waals surface area contributed by atoms with E-state index in [1.807, 2.05) is 0 Å². The fourth-order valence-electron chi connectivity index (χ4n) is 2.01. The molecule has 1 fully saturated rings. The van der Waals surface area contributed by atoms with Gasteiger partial charge in [0.25, 0.3) is 5.91 Å². The highest BCUT2D eigenvalue weighted by molar-refractivity contribution is 5.94. The topological polar surface area (TPSA) is 83.6 Å². The minimum atomic E-state index is -1.22. The molecule has 1 atom stereocenters. The molecule has 1 aromatic rings. The molecule has 1 aliphatic heterocycles. The summed E-state index contributed by atoms with van der Waals surface area (Å²) in [5, 5.41) is 12.2. The monoisotopic (exact) mass is 238 g/mol. The number of aromatic carboxylic acids is 1. The smallest absolute Gasteiger partial charge is 0.374 e. The number of carboxylic acid groups (broad SMARTS) is 1. The average molecular weight is 238 g/mol. The summed E-state index contributed by atoms with van der Waals surface area (Å²) in [6, 6.07) is 1.17. The summed E-state index contributed by atoms with van der Waals surface area (Å²) in [5.74, 6) is -1.31. The van der Waals surface area contributed by atoms with E-state index in [1.54, 1.807) is 4.90 Å².